The van der Waals surface area contributed by atoms with Gasteiger partial charge in [-0.1, -0.05) is 5.16 Å². The van der Waals surface area contributed by atoms with E-state index in [-0.39, 0.29) is 5.71 Å². The lowest BCUT2D eigenvalue weighted by molar-refractivity contribution is -0.130. The van der Waals surface area contributed by atoms with Gasteiger partial charge in [0.05, 0.1) is 18.5 Å². The highest BCUT2D eigenvalue weighted by Gasteiger charge is 2.52. The average molecular weight is 256 g/mol. The summed E-state index contributed by atoms with van der Waals surface area (Å²) >= 11 is 0. The van der Waals surface area contributed by atoms with Crippen molar-refractivity contribution in [2.75, 3.05) is 21.3 Å². The van der Waals surface area contributed by atoms with Gasteiger partial charge < -0.3 is 9.57 Å². The molecule has 0 aromatic rings. The fraction of sp³-hybridized carbons (Fsp3) is 0.600. The molecular formula is C10H16N4O4. The molecule has 0 saturated heterocycles. The van der Waals surface area contributed by atoms with E-state index in [1.54, 1.807) is 13.8 Å². The summed E-state index contributed by atoms with van der Waals surface area (Å²) in [5.74, 6) is -0.427. The van der Waals surface area contributed by atoms with Crippen LogP contribution in [0.15, 0.2) is 10.3 Å². The van der Waals surface area contributed by atoms with Gasteiger partial charge in [-0.3, -0.25) is 10.1 Å². The molecule has 0 aromatic carbocycles. The van der Waals surface area contributed by atoms with Crippen LogP contribution in [0.1, 0.15) is 13.8 Å². The summed E-state index contributed by atoms with van der Waals surface area (Å²) in [4.78, 5) is 28.3. The molecule has 8 heteroatoms. The number of rotatable bonds is 3. The number of alkyl carbamates (subject to hydrolysis) is 1. The summed E-state index contributed by atoms with van der Waals surface area (Å²) in [7, 11) is 4.05. The van der Waals surface area contributed by atoms with Crippen LogP contribution in [0.2, 0.25) is 0 Å². The second kappa shape index (κ2) is 5.03. The predicted octanol–water partition coefficient (Wildman–Crippen LogP) is -0.0486. The van der Waals surface area contributed by atoms with Crippen LogP contribution in [0, 0.1) is 0 Å². The Balaban J connectivity index is 3.27. The maximum absolute atomic E-state index is 12.2. The predicted molar refractivity (Wildman–Crippen MR) is 64.3 cm³/mol. The highest BCUT2D eigenvalue weighted by Crippen LogP contribution is 2.22. The lowest BCUT2D eigenvalue weighted by Gasteiger charge is -2.27. The lowest BCUT2D eigenvalue weighted by Crippen LogP contribution is -2.63. The third-order valence-corrected chi connectivity index (χ3v) is 2.70. The molecule has 2 amide bonds. The highest BCUT2D eigenvalue weighted by atomic mass is 16.6. The van der Waals surface area contributed by atoms with E-state index in [0.717, 1.165) is 5.01 Å². The van der Waals surface area contributed by atoms with E-state index in [9.17, 15) is 9.59 Å². The summed E-state index contributed by atoms with van der Waals surface area (Å²) in [6.07, 6.45) is -0.751. The number of likely N-dealkylation sites (N-methyl/N-ethyl adjacent to an activating group) is 1. The number of hydrogen-bond acceptors (Lipinski definition) is 6. The van der Waals surface area contributed by atoms with Crippen molar-refractivity contribution in [1.82, 2.24) is 10.3 Å². The molecule has 1 aliphatic heterocycles. The van der Waals surface area contributed by atoms with E-state index in [1.165, 1.54) is 21.3 Å². The minimum Gasteiger partial charge on any atom is -0.453 e. The zero-order valence-electron chi connectivity index (χ0n) is 11.0. The van der Waals surface area contributed by atoms with Crippen molar-refractivity contribution in [2.45, 2.75) is 19.4 Å². The summed E-state index contributed by atoms with van der Waals surface area (Å²) in [5, 5.41) is 11.3. The van der Waals surface area contributed by atoms with Gasteiger partial charge in [-0.15, -0.1) is 0 Å². The molecule has 0 saturated carbocycles. The topological polar surface area (TPSA) is 92.6 Å². The van der Waals surface area contributed by atoms with Gasteiger partial charge in [0.15, 0.2) is 0 Å². The molecular weight excluding hydrogens is 240 g/mol. The Bertz CT molecular complexity index is 432. The monoisotopic (exact) mass is 256 g/mol. The fourth-order valence-electron chi connectivity index (χ4n) is 1.80. The number of nitrogens with one attached hydrogen (secondary N) is 1. The molecule has 0 radical (unpaired) electrons. The summed E-state index contributed by atoms with van der Waals surface area (Å²) < 4.78 is 4.53. The molecule has 18 heavy (non-hydrogen) atoms. The van der Waals surface area contributed by atoms with Gasteiger partial charge in [0.25, 0.3) is 5.91 Å². The molecule has 100 valence electrons. The van der Waals surface area contributed by atoms with Crippen molar-refractivity contribution < 1.29 is 19.2 Å². The van der Waals surface area contributed by atoms with Gasteiger partial charge >= 0.3 is 6.09 Å². The zero-order chi connectivity index (χ0) is 13.9. The van der Waals surface area contributed by atoms with Crippen LogP contribution >= 0.6 is 0 Å². The van der Waals surface area contributed by atoms with Crippen molar-refractivity contribution in [3.63, 3.8) is 0 Å². The van der Waals surface area contributed by atoms with Crippen molar-refractivity contribution in [1.29, 1.82) is 0 Å². The van der Waals surface area contributed by atoms with Crippen LogP contribution in [0.4, 0.5) is 4.79 Å². The maximum atomic E-state index is 12.2. The molecule has 0 spiro atoms. The van der Waals surface area contributed by atoms with E-state index in [1.807, 2.05) is 0 Å². The molecule has 1 atom stereocenters. The normalized spacial score (nSPS) is 23.8. The standard InChI is InChI=1S/C10H16N4O4/c1-6-10(7(2)13-18-5,11-9(16)17-4)8(15)14(3)12-6/h1-5H3,(H,11,16). The number of amides is 2. The van der Waals surface area contributed by atoms with Crippen LogP contribution in [-0.2, 0) is 14.4 Å². The van der Waals surface area contributed by atoms with Gasteiger partial charge in [0.2, 0.25) is 5.54 Å². The average Bonchev–Trinajstić information content (AvgIpc) is 2.54. The first-order chi connectivity index (χ1) is 8.40. The molecule has 1 N–H and O–H groups in total. The third kappa shape index (κ3) is 2.01. The number of methoxy groups -OCH3 is 1. The molecule has 1 rings (SSSR count). The Kier molecular flexibility index (Phi) is 3.89. The van der Waals surface area contributed by atoms with Crippen LogP contribution in [0.5, 0.6) is 0 Å². The Morgan fingerprint density at radius 1 is 1.50 bits per heavy atom. The minimum atomic E-state index is -1.45. The summed E-state index contributed by atoms with van der Waals surface area (Å²) in [6.45, 7) is 3.18. The molecule has 0 fully saturated rings. The largest absolute Gasteiger partial charge is 0.453 e. The SMILES string of the molecule is CON=C(C)C1(NC(=O)OC)C(=O)N(C)N=C1C. The molecule has 8 nitrogen and oxygen atoms in total. The van der Waals surface area contributed by atoms with Crippen molar-refractivity contribution >= 4 is 23.4 Å². The van der Waals surface area contributed by atoms with Gasteiger partial charge in [-0.25, -0.2) is 9.80 Å². The van der Waals surface area contributed by atoms with Crippen LogP contribution in [0.25, 0.3) is 0 Å². The number of ether oxygens (including phenoxy) is 1. The minimum absolute atomic E-state index is 0.269. The van der Waals surface area contributed by atoms with Gasteiger partial charge in [0.1, 0.15) is 7.11 Å². The molecule has 1 aliphatic rings. The van der Waals surface area contributed by atoms with E-state index in [2.05, 4.69) is 25.1 Å². The van der Waals surface area contributed by atoms with Crippen LogP contribution < -0.4 is 5.32 Å². The zero-order valence-corrected chi connectivity index (χ0v) is 11.0. The summed E-state index contributed by atoms with van der Waals surface area (Å²) in [5.41, 5.74) is -0.789. The van der Waals surface area contributed by atoms with Crippen molar-refractivity contribution in [2.24, 2.45) is 10.3 Å². The van der Waals surface area contributed by atoms with Gasteiger partial charge in [0, 0.05) is 7.05 Å². The third-order valence-electron chi connectivity index (χ3n) is 2.70. The molecule has 0 bridgehead atoms. The maximum Gasteiger partial charge on any atom is 0.408 e. The van der Waals surface area contributed by atoms with E-state index < -0.39 is 17.5 Å². The fourth-order valence-corrected chi connectivity index (χ4v) is 1.80. The molecule has 1 heterocycles. The first kappa shape index (κ1) is 13.9. The number of nitrogens with zero attached hydrogens (tertiary/aromatic N) is 3. The quantitative estimate of drug-likeness (QED) is 0.566. The molecule has 0 aliphatic carbocycles. The Labute approximate surface area is 105 Å². The van der Waals surface area contributed by atoms with E-state index in [4.69, 9.17) is 0 Å². The van der Waals surface area contributed by atoms with E-state index >= 15 is 0 Å². The second-order valence-corrected chi connectivity index (χ2v) is 3.74. The van der Waals surface area contributed by atoms with Crippen LogP contribution in [-0.4, -0.2) is 55.2 Å². The number of hydrogen-bond donors (Lipinski definition) is 1. The Morgan fingerprint density at radius 2 is 2.11 bits per heavy atom. The lowest BCUT2D eigenvalue weighted by atomic mass is 9.89. The Morgan fingerprint density at radius 3 is 2.50 bits per heavy atom. The first-order valence-electron chi connectivity index (χ1n) is 5.18. The van der Waals surface area contributed by atoms with Crippen molar-refractivity contribution in [3.05, 3.63) is 0 Å². The van der Waals surface area contributed by atoms with Gasteiger partial charge in [-0.05, 0) is 13.8 Å². The number of carbonyl (C=O) groups is 2. The van der Waals surface area contributed by atoms with Crippen LogP contribution in [0.3, 0.4) is 0 Å². The smallest absolute Gasteiger partial charge is 0.408 e. The Hall–Kier alpha value is -2.12. The van der Waals surface area contributed by atoms with E-state index in [0.29, 0.717) is 5.71 Å². The molecule has 1 unspecified atom stereocenters. The summed E-state index contributed by atoms with van der Waals surface area (Å²) in [6, 6.07) is 0. The highest BCUT2D eigenvalue weighted by molar-refractivity contribution is 6.33. The van der Waals surface area contributed by atoms with Gasteiger partial charge in [-0.2, -0.15) is 5.10 Å². The number of carbonyl (C=O) groups excluding carboxylic acids is 2. The number of hydrazone groups is 1. The first-order valence-corrected chi connectivity index (χ1v) is 5.18. The number of oxime groups is 1. The second-order valence-electron chi connectivity index (χ2n) is 3.74. The molecule has 0 aromatic heterocycles. The van der Waals surface area contributed by atoms with Crippen molar-refractivity contribution in [3.8, 4) is 0 Å².